The lowest BCUT2D eigenvalue weighted by atomic mass is 9.99. The second-order valence-corrected chi connectivity index (χ2v) is 6.76. The third kappa shape index (κ3) is 7.46. The summed E-state index contributed by atoms with van der Waals surface area (Å²) in [6.45, 7) is 6.51. The SMILES string of the molecule is CC[C@H](C)[C@H](NC(=O)OCc1ccccc1)C(=O)OC(C)(C)C(=O)OCCl. The predicted octanol–water partition coefficient (Wildman–Crippen LogP) is 3.39. The van der Waals surface area contributed by atoms with E-state index in [1.807, 2.05) is 37.3 Å². The van der Waals surface area contributed by atoms with Crippen LogP contribution >= 0.6 is 11.6 Å². The van der Waals surface area contributed by atoms with Gasteiger partial charge in [0.15, 0.2) is 6.07 Å². The first-order valence-electron chi connectivity index (χ1n) is 8.64. The number of amides is 1. The van der Waals surface area contributed by atoms with Crippen LogP contribution in [-0.4, -0.2) is 35.7 Å². The van der Waals surface area contributed by atoms with Gasteiger partial charge in [-0.25, -0.2) is 14.4 Å². The second-order valence-electron chi connectivity index (χ2n) is 6.54. The first-order chi connectivity index (χ1) is 12.7. The van der Waals surface area contributed by atoms with E-state index in [2.05, 4.69) is 10.1 Å². The largest absolute Gasteiger partial charge is 0.446 e. The molecule has 0 bridgehead atoms. The molecular formula is C19H26ClNO6. The zero-order valence-corrected chi connectivity index (χ0v) is 16.7. The van der Waals surface area contributed by atoms with Crippen LogP contribution in [0.15, 0.2) is 30.3 Å². The van der Waals surface area contributed by atoms with Crippen LogP contribution in [0.4, 0.5) is 4.79 Å². The van der Waals surface area contributed by atoms with Crippen molar-refractivity contribution in [3.8, 4) is 0 Å². The summed E-state index contributed by atoms with van der Waals surface area (Å²) in [6, 6.07) is 7.84. The molecule has 150 valence electrons. The first-order valence-corrected chi connectivity index (χ1v) is 9.18. The molecule has 0 aromatic heterocycles. The summed E-state index contributed by atoms with van der Waals surface area (Å²) in [5.74, 6) is -1.76. The molecule has 0 aliphatic heterocycles. The lowest BCUT2D eigenvalue weighted by Gasteiger charge is -2.28. The van der Waals surface area contributed by atoms with Gasteiger partial charge in [0, 0.05) is 0 Å². The zero-order chi connectivity index (χ0) is 20.4. The molecule has 1 rings (SSSR count). The summed E-state index contributed by atoms with van der Waals surface area (Å²) in [5.41, 5.74) is -0.715. The summed E-state index contributed by atoms with van der Waals surface area (Å²) in [5, 5.41) is 2.52. The summed E-state index contributed by atoms with van der Waals surface area (Å²) in [6.07, 6.45) is -0.145. The fourth-order valence-corrected chi connectivity index (χ4v) is 2.24. The van der Waals surface area contributed by atoms with Crippen molar-refractivity contribution >= 4 is 29.6 Å². The minimum Gasteiger partial charge on any atom is -0.446 e. The molecule has 1 N–H and O–H groups in total. The molecule has 0 saturated carbocycles. The number of benzene rings is 1. The molecule has 0 saturated heterocycles. The number of rotatable bonds is 9. The van der Waals surface area contributed by atoms with Crippen molar-refractivity contribution < 1.29 is 28.6 Å². The topological polar surface area (TPSA) is 90.9 Å². The summed E-state index contributed by atoms with van der Waals surface area (Å²) in [4.78, 5) is 36.5. The van der Waals surface area contributed by atoms with Gasteiger partial charge >= 0.3 is 18.0 Å². The van der Waals surface area contributed by atoms with Crippen molar-refractivity contribution in [1.29, 1.82) is 0 Å². The van der Waals surface area contributed by atoms with Gasteiger partial charge in [0.1, 0.15) is 12.6 Å². The molecule has 27 heavy (non-hydrogen) atoms. The van der Waals surface area contributed by atoms with Crippen molar-refractivity contribution in [3.63, 3.8) is 0 Å². The minimum atomic E-state index is -1.53. The normalized spacial score (nSPS) is 13.2. The van der Waals surface area contributed by atoms with Crippen molar-refractivity contribution in [2.24, 2.45) is 5.92 Å². The molecule has 2 atom stereocenters. The number of ether oxygens (including phenoxy) is 3. The molecule has 8 heteroatoms. The van der Waals surface area contributed by atoms with E-state index in [0.29, 0.717) is 6.42 Å². The second kappa shape index (κ2) is 10.8. The molecule has 0 unspecified atom stereocenters. The Balaban J connectivity index is 2.72. The third-order valence-electron chi connectivity index (χ3n) is 3.99. The van der Waals surface area contributed by atoms with E-state index in [1.54, 1.807) is 6.92 Å². The number of alkyl halides is 1. The molecule has 1 aromatic carbocycles. The molecule has 0 aliphatic rings. The van der Waals surface area contributed by atoms with Crippen LogP contribution < -0.4 is 5.32 Å². The Labute approximate surface area is 164 Å². The van der Waals surface area contributed by atoms with E-state index in [-0.39, 0.29) is 18.6 Å². The number of carbonyl (C=O) groups is 3. The fraction of sp³-hybridized carbons (Fsp3) is 0.526. The molecular weight excluding hydrogens is 374 g/mol. The standard InChI is InChI=1S/C19H26ClNO6/c1-5-13(2)15(16(22)27-19(3,4)17(23)26-12-20)21-18(24)25-11-14-9-7-6-8-10-14/h6-10,13,15H,5,11-12H2,1-4H3,(H,21,24)/t13-,15-/m0/s1. The maximum atomic E-state index is 12.5. The Kier molecular flexibility index (Phi) is 9.08. The maximum Gasteiger partial charge on any atom is 0.408 e. The quantitative estimate of drug-likeness (QED) is 0.389. The van der Waals surface area contributed by atoms with Gasteiger partial charge in [-0.1, -0.05) is 62.2 Å². The molecule has 0 fully saturated rings. The van der Waals surface area contributed by atoms with Gasteiger partial charge in [-0.2, -0.15) is 0 Å². The Hall–Kier alpha value is -2.28. The molecule has 0 heterocycles. The van der Waals surface area contributed by atoms with Crippen LogP contribution in [0, 0.1) is 5.92 Å². The van der Waals surface area contributed by atoms with Gasteiger partial charge in [0.25, 0.3) is 0 Å². The van der Waals surface area contributed by atoms with Gasteiger partial charge in [0.2, 0.25) is 5.60 Å². The highest BCUT2D eigenvalue weighted by atomic mass is 35.5. The third-order valence-corrected chi connectivity index (χ3v) is 4.10. The number of hydrogen-bond donors (Lipinski definition) is 1. The molecule has 0 aliphatic carbocycles. The molecule has 1 aromatic rings. The summed E-state index contributed by atoms with van der Waals surface area (Å²) >= 11 is 5.37. The molecule has 0 radical (unpaired) electrons. The van der Waals surface area contributed by atoms with E-state index in [0.717, 1.165) is 5.56 Å². The minimum absolute atomic E-state index is 0.0719. The highest BCUT2D eigenvalue weighted by molar-refractivity contribution is 6.17. The number of esters is 2. The van der Waals surface area contributed by atoms with Crippen molar-refractivity contribution in [2.75, 3.05) is 6.07 Å². The average Bonchev–Trinajstić information content (AvgIpc) is 2.64. The van der Waals surface area contributed by atoms with Gasteiger partial charge in [-0.05, 0) is 25.3 Å². The van der Waals surface area contributed by atoms with E-state index in [9.17, 15) is 14.4 Å². The van der Waals surface area contributed by atoms with Crippen molar-refractivity contribution in [2.45, 2.75) is 52.4 Å². The van der Waals surface area contributed by atoms with Crippen LogP contribution in [-0.2, 0) is 30.4 Å². The van der Waals surface area contributed by atoms with Crippen LogP contribution in [0.2, 0.25) is 0 Å². The van der Waals surface area contributed by atoms with Crippen LogP contribution in [0.5, 0.6) is 0 Å². The zero-order valence-electron chi connectivity index (χ0n) is 16.0. The van der Waals surface area contributed by atoms with Crippen LogP contribution in [0.25, 0.3) is 0 Å². The number of nitrogens with one attached hydrogen (secondary N) is 1. The summed E-state index contributed by atoms with van der Waals surface area (Å²) in [7, 11) is 0. The van der Waals surface area contributed by atoms with Gasteiger partial charge in [-0.15, -0.1) is 0 Å². The number of halogens is 1. The predicted molar refractivity (Wildman–Crippen MR) is 100.0 cm³/mol. The van der Waals surface area contributed by atoms with Crippen molar-refractivity contribution in [1.82, 2.24) is 5.32 Å². The van der Waals surface area contributed by atoms with E-state index in [1.165, 1.54) is 13.8 Å². The van der Waals surface area contributed by atoms with Crippen molar-refractivity contribution in [3.05, 3.63) is 35.9 Å². The first kappa shape index (κ1) is 22.8. The highest BCUT2D eigenvalue weighted by Crippen LogP contribution is 2.17. The molecule has 7 nitrogen and oxygen atoms in total. The Morgan fingerprint density at radius 1 is 1.15 bits per heavy atom. The lowest BCUT2D eigenvalue weighted by Crippen LogP contribution is -2.50. The Bertz CT molecular complexity index is 634. The smallest absolute Gasteiger partial charge is 0.408 e. The fourth-order valence-electron chi connectivity index (χ4n) is 2.14. The monoisotopic (exact) mass is 399 g/mol. The summed E-state index contributed by atoms with van der Waals surface area (Å²) < 4.78 is 15.1. The Morgan fingerprint density at radius 3 is 2.33 bits per heavy atom. The highest BCUT2D eigenvalue weighted by Gasteiger charge is 2.38. The van der Waals surface area contributed by atoms with E-state index >= 15 is 0 Å². The van der Waals surface area contributed by atoms with Gasteiger partial charge in [0.05, 0.1) is 0 Å². The number of carbonyl (C=O) groups excluding carboxylic acids is 3. The van der Waals surface area contributed by atoms with Gasteiger partial charge < -0.3 is 19.5 Å². The average molecular weight is 400 g/mol. The van der Waals surface area contributed by atoms with Crippen LogP contribution in [0.3, 0.4) is 0 Å². The maximum absolute atomic E-state index is 12.5. The number of alkyl carbamates (subject to hydrolysis) is 1. The molecule has 0 spiro atoms. The van der Waals surface area contributed by atoms with E-state index < -0.39 is 29.7 Å². The Morgan fingerprint density at radius 2 is 1.78 bits per heavy atom. The van der Waals surface area contributed by atoms with Crippen LogP contribution in [0.1, 0.15) is 39.7 Å². The van der Waals surface area contributed by atoms with E-state index in [4.69, 9.17) is 21.1 Å². The van der Waals surface area contributed by atoms with Gasteiger partial charge in [-0.3, -0.25) is 0 Å². The lowest BCUT2D eigenvalue weighted by molar-refractivity contribution is -0.179. The number of hydrogen-bond acceptors (Lipinski definition) is 6. The molecule has 1 amide bonds.